The molecule has 5 rings (SSSR count). The third-order valence-corrected chi connectivity index (χ3v) is 6.44. The molecule has 2 amide bonds. The largest absolute Gasteiger partial charge is 0.355 e. The van der Waals surface area contributed by atoms with Crippen molar-refractivity contribution in [2.24, 2.45) is 23.7 Å². The Morgan fingerprint density at radius 3 is 2.16 bits per heavy atom. The number of carbonyl (C=O) groups is 2. The van der Waals surface area contributed by atoms with E-state index in [1.54, 1.807) is 0 Å². The van der Waals surface area contributed by atoms with Crippen LogP contribution in [-0.4, -0.2) is 24.4 Å². The van der Waals surface area contributed by atoms with Gasteiger partial charge in [0, 0.05) is 19.0 Å². The fourth-order valence-corrected chi connectivity index (χ4v) is 5.58. The fourth-order valence-electron chi connectivity index (χ4n) is 5.58. The molecule has 2 N–H and O–H groups in total. The molecule has 4 nitrogen and oxygen atoms in total. The number of nitrogens with one attached hydrogen (secondary N) is 2. The SMILES string of the molecule is O=C(Cc1ccccc1)NCCC(=O)NC1C2CC3CC(C2)CC1C3. The van der Waals surface area contributed by atoms with Crippen molar-refractivity contribution in [1.29, 1.82) is 0 Å². The quantitative estimate of drug-likeness (QED) is 0.836. The van der Waals surface area contributed by atoms with Crippen molar-refractivity contribution in [3.63, 3.8) is 0 Å². The molecule has 134 valence electrons. The van der Waals surface area contributed by atoms with Crippen molar-refractivity contribution in [3.05, 3.63) is 35.9 Å². The maximum atomic E-state index is 12.3. The highest BCUT2D eigenvalue weighted by atomic mass is 16.2. The second-order valence-electron chi connectivity index (χ2n) is 8.29. The molecule has 0 atom stereocenters. The first-order chi connectivity index (χ1) is 12.2. The minimum atomic E-state index is -0.0198. The highest BCUT2D eigenvalue weighted by Gasteiger charge is 2.48. The Bertz CT molecular complexity index is 600. The molecule has 4 aliphatic carbocycles. The highest BCUT2D eigenvalue weighted by Crippen LogP contribution is 2.53. The normalized spacial score (nSPS) is 32.4. The smallest absolute Gasteiger partial charge is 0.224 e. The van der Waals surface area contributed by atoms with Crippen LogP contribution in [0, 0.1) is 23.7 Å². The Balaban J connectivity index is 1.19. The third kappa shape index (κ3) is 3.88. The van der Waals surface area contributed by atoms with Gasteiger partial charge in [0.05, 0.1) is 6.42 Å². The van der Waals surface area contributed by atoms with Crippen LogP contribution in [0.2, 0.25) is 0 Å². The highest BCUT2D eigenvalue weighted by molar-refractivity contribution is 5.80. The first-order valence-corrected chi connectivity index (χ1v) is 9.77. The molecule has 4 fully saturated rings. The Hall–Kier alpha value is -1.84. The van der Waals surface area contributed by atoms with Gasteiger partial charge in [-0.3, -0.25) is 9.59 Å². The van der Waals surface area contributed by atoms with E-state index in [2.05, 4.69) is 10.6 Å². The number of hydrogen-bond acceptors (Lipinski definition) is 2. The van der Waals surface area contributed by atoms with E-state index in [4.69, 9.17) is 0 Å². The Morgan fingerprint density at radius 2 is 1.52 bits per heavy atom. The topological polar surface area (TPSA) is 58.2 Å². The number of amides is 2. The molecule has 0 spiro atoms. The third-order valence-electron chi connectivity index (χ3n) is 6.44. The van der Waals surface area contributed by atoms with Gasteiger partial charge in [0.1, 0.15) is 0 Å². The molecule has 4 bridgehead atoms. The van der Waals surface area contributed by atoms with Gasteiger partial charge in [0.25, 0.3) is 0 Å². The van der Waals surface area contributed by atoms with Crippen LogP contribution in [-0.2, 0) is 16.0 Å². The predicted molar refractivity (Wildman–Crippen MR) is 96.7 cm³/mol. The van der Waals surface area contributed by atoms with E-state index in [0.29, 0.717) is 37.3 Å². The van der Waals surface area contributed by atoms with Crippen LogP contribution in [0.1, 0.15) is 44.1 Å². The molecule has 25 heavy (non-hydrogen) atoms. The van der Waals surface area contributed by atoms with Gasteiger partial charge in [-0.05, 0) is 61.3 Å². The van der Waals surface area contributed by atoms with E-state index in [-0.39, 0.29) is 11.8 Å². The van der Waals surface area contributed by atoms with Gasteiger partial charge in [0.2, 0.25) is 11.8 Å². The molecule has 0 aromatic heterocycles. The molecule has 4 heteroatoms. The lowest BCUT2D eigenvalue weighted by atomic mass is 9.54. The molecule has 0 heterocycles. The van der Waals surface area contributed by atoms with Gasteiger partial charge in [-0.25, -0.2) is 0 Å². The summed E-state index contributed by atoms with van der Waals surface area (Å²) in [5, 5.41) is 6.16. The first-order valence-electron chi connectivity index (χ1n) is 9.77. The predicted octanol–water partition coefficient (Wildman–Crippen LogP) is 2.68. The van der Waals surface area contributed by atoms with Gasteiger partial charge in [-0.2, -0.15) is 0 Å². The van der Waals surface area contributed by atoms with Gasteiger partial charge in [-0.1, -0.05) is 30.3 Å². The maximum absolute atomic E-state index is 12.3. The van der Waals surface area contributed by atoms with E-state index < -0.39 is 0 Å². The average Bonchev–Trinajstić information content (AvgIpc) is 2.58. The standard InChI is InChI=1S/C21H28N2O2/c24-19(6-7-22-20(25)13-14-4-2-1-3-5-14)23-21-17-9-15-8-16(11-17)12-18(21)10-15/h1-5,15-18,21H,6-13H2,(H,22,25)(H,23,24). The Kier molecular flexibility index (Phi) is 4.78. The molecular weight excluding hydrogens is 312 g/mol. The zero-order valence-corrected chi connectivity index (χ0v) is 14.7. The summed E-state index contributed by atoms with van der Waals surface area (Å²) in [6.45, 7) is 0.421. The van der Waals surface area contributed by atoms with Gasteiger partial charge in [0.15, 0.2) is 0 Å². The van der Waals surface area contributed by atoms with Crippen molar-refractivity contribution in [2.45, 2.75) is 51.0 Å². The van der Waals surface area contributed by atoms with E-state index in [1.165, 1.54) is 32.1 Å². The Labute approximate surface area is 149 Å². The molecule has 0 radical (unpaired) electrons. The second-order valence-corrected chi connectivity index (χ2v) is 8.29. The first kappa shape index (κ1) is 16.6. The molecule has 0 saturated heterocycles. The summed E-state index contributed by atoms with van der Waals surface area (Å²) in [4.78, 5) is 24.3. The molecule has 0 unspecified atom stereocenters. The number of rotatable bonds is 6. The summed E-state index contributed by atoms with van der Waals surface area (Å²) in [5.74, 6) is 3.33. The number of hydrogen-bond donors (Lipinski definition) is 2. The monoisotopic (exact) mass is 340 g/mol. The van der Waals surface area contributed by atoms with E-state index in [1.807, 2.05) is 30.3 Å². The summed E-state index contributed by atoms with van der Waals surface area (Å²) in [7, 11) is 0. The fraction of sp³-hybridized carbons (Fsp3) is 0.619. The maximum Gasteiger partial charge on any atom is 0.224 e. The van der Waals surface area contributed by atoms with Crippen LogP contribution < -0.4 is 10.6 Å². The summed E-state index contributed by atoms with van der Waals surface area (Å²) < 4.78 is 0. The van der Waals surface area contributed by atoms with Crippen molar-refractivity contribution >= 4 is 11.8 Å². The number of carbonyl (C=O) groups excluding carboxylic acids is 2. The van der Waals surface area contributed by atoms with Crippen LogP contribution in [0.15, 0.2) is 30.3 Å². The Morgan fingerprint density at radius 1 is 0.880 bits per heavy atom. The molecule has 4 aliphatic rings. The summed E-state index contributed by atoms with van der Waals surface area (Å²) in [5.41, 5.74) is 0.998. The van der Waals surface area contributed by atoms with Crippen LogP contribution >= 0.6 is 0 Å². The molecule has 1 aromatic rings. The minimum Gasteiger partial charge on any atom is -0.355 e. The average molecular weight is 340 g/mol. The minimum absolute atomic E-state index is 0.0198. The van der Waals surface area contributed by atoms with Crippen LogP contribution in [0.3, 0.4) is 0 Å². The lowest BCUT2D eigenvalue weighted by Crippen LogP contribution is -2.56. The van der Waals surface area contributed by atoms with Crippen LogP contribution in [0.4, 0.5) is 0 Å². The lowest BCUT2D eigenvalue weighted by Gasteiger charge is -2.54. The van der Waals surface area contributed by atoms with Crippen molar-refractivity contribution in [1.82, 2.24) is 10.6 Å². The van der Waals surface area contributed by atoms with Crippen molar-refractivity contribution in [3.8, 4) is 0 Å². The number of benzene rings is 1. The molecule has 4 saturated carbocycles. The summed E-state index contributed by atoms with van der Waals surface area (Å²) in [6, 6.07) is 10.1. The zero-order valence-electron chi connectivity index (χ0n) is 14.7. The van der Waals surface area contributed by atoms with Crippen molar-refractivity contribution < 1.29 is 9.59 Å². The molecule has 1 aromatic carbocycles. The van der Waals surface area contributed by atoms with Crippen LogP contribution in [0.5, 0.6) is 0 Å². The molecular formula is C21H28N2O2. The van der Waals surface area contributed by atoms with E-state index in [9.17, 15) is 9.59 Å². The second kappa shape index (κ2) is 7.19. The molecule has 0 aliphatic heterocycles. The van der Waals surface area contributed by atoms with Gasteiger partial charge < -0.3 is 10.6 Å². The van der Waals surface area contributed by atoms with Crippen molar-refractivity contribution in [2.75, 3.05) is 6.54 Å². The van der Waals surface area contributed by atoms with E-state index in [0.717, 1.165) is 17.4 Å². The van der Waals surface area contributed by atoms with E-state index >= 15 is 0 Å². The van der Waals surface area contributed by atoms with Crippen LogP contribution in [0.25, 0.3) is 0 Å². The summed E-state index contributed by atoms with van der Waals surface area (Å²) >= 11 is 0. The zero-order chi connectivity index (χ0) is 17.2. The van der Waals surface area contributed by atoms with Gasteiger partial charge in [-0.15, -0.1) is 0 Å². The summed E-state index contributed by atoms with van der Waals surface area (Å²) in [6.07, 6.45) is 7.43. The van der Waals surface area contributed by atoms with Gasteiger partial charge >= 0.3 is 0 Å². The lowest BCUT2D eigenvalue weighted by molar-refractivity contribution is -0.125.